The number of para-hydroxylation sites is 1. The maximum absolute atomic E-state index is 14.1. The van der Waals surface area contributed by atoms with Crippen LogP contribution in [0.5, 0.6) is 5.88 Å². The Bertz CT molecular complexity index is 1770. The molecule has 4 aromatic rings. The van der Waals surface area contributed by atoms with Crippen LogP contribution < -0.4 is 20.7 Å². The highest BCUT2D eigenvalue weighted by molar-refractivity contribution is 5.97. The lowest BCUT2D eigenvalue weighted by Gasteiger charge is -2.20. The monoisotopic (exact) mass is 659 g/mol. The van der Waals surface area contributed by atoms with Crippen molar-refractivity contribution in [3.63, 3.8) is 0 Å². The van der Waals surface area contributed by atoms with Crippen molar-refractivity contribution < 1.29 is 41.1 Å². The van der Waals surface area contributed by atoms with Crippen molar-refractivity contribution in [2.24, 2.45) is 0 Å². The van der Waals surface area contributed by atoms with Crippen molar-refractivity contribution in [2.45, 2.75) is 31.7 Å². The molecule has 1 saturated heterocycles. The minimum absolute atomic E-state index is 0.102. The number of amides is 3. The number of halogens is 5. The number of alkyl halides is 3. The van der Waals surface area contributed by atoms with E-state index >= 15 is 0 Å². The Labute approximate surface area is 265 Å². The fourth-order valence-corrected chi connectivity index (χ4v) is 5.12. The lowest BCUT2D eigenvalue weighted by Crippen LogP contribution is -2.42. The van der Waals surface area contributed by atoms with E-state index in [-0.39, 0.29) is 29.4 Å². The maximum atomic E-state index is 14.1. The number of anilines is 1. The molecule has 1 aliphatic heterocycles. The fourth-order valence-electron chi connectivity index (χ4n) is 5.12. The molecule has 0 saturated carbocycles. The lowest BCUT2D eigenvalue weighted by atomic mass is 10.0. The molecule has 0 aliphatic carbocycles. The Morgan fingerprint density at radius 3 is 2.49 bits per heavy atom. The molecule has 1 fully saturated rings. The number of carbonyl (C=O) groups is 2. The van der Waals surface area contributed by atoms with Gasteiger partial charge in [-0.05, 0) is 42.8 Å². The number of carbonyl (C=O) groups excluding carboxylic acids is 2. The van der Waals surface area contributed by atoms with Crippen LogP contribution in [0.1, 0.15) is 34.0 Å². The average Bonchev–Trinajstić information content (AvgIpc) is 3.60. The quantitative estimate of drug-likeness (QED) is 0.208. The molecule has 2 aromatic heterocycles. The Kier molecular flexibility index (Phi) is 9.72. The minimum atomic E-state index is -4.46. The Morgan fingerprint density at radius 2 is 1.83 bits per heavy atom. The van der Waals surface area contributed by atoms with Crippen molar-refractivity contribution in [3.8, 4) is 22.8 Å². The second-order valence-corrected chi connectivity index (χ2v) is 10.6. The van der Waals surface area contributed by atoms with Gasteiger partial charge in [0.25, 0.3) is 5.91 Å². The summed E-state index contributed by atoms with van der Waals surface area (Å²) in [5, 5.41) is 13.7. The summed E-state index contributed by atoms with van der Waals surface area (Å²) in [4.78, 5) is 35.9. The van der Waals surface area contributed by atoms with Gasteiger partial charge in [0.2, 0.25) is 5.88 Å². The number of nitrogens with one attached hydrogen (secondary N) is 3. The van der Waals surface area contributed by atoms with Crippen LogP contribution in [0.4, 0.5) is 32.6 Å². The number of hydrogen-bond acceptors (Lipinski definition) is 7. The highest BCUT2D eigenvalue weighted by atomic mass is 19.4. The molecule has 2 aromatic carbocycles. The number of methoxy groups -OCH3 is 1. The molecule has 248 valence electrons. The topological polar surface area (TPSA) is 123 Å². The summed E-state index contributed by atoms with van der Waals surface area (Å²) in [6.07, 6.45) is -5.29. The van der Waals surface area contributed by atoms with Crippen LogP contribution in [0.2, 0.25) is 0 Å². The number of ether oxygens (including phenoxy) is 1. The van der Waals surface area contributed by atoms with Gasteiger partial charge < -0.3 is 15.4 Å². The van der Waals surface area contributed by atoms with Gasteiger partial charge in [-0.1, -0.05) is 24.3 Å². The maximum Gasteiger partial charge on any atom is 0.390 e. The van der Waals surface area contributed by atoms with E-state index in [1.54, 1.807) is 43.3 Å². The van der Waals surface area contributed by atoms with Crippen molar-refractivity contribution in [2.75, 3.05) is 32.6 Å². The third-order valence-electron chi connectivity index (χ3n) is 7.41. The van der Waals surface area contributed by atoms with E-state index in [0.717, 1.165) is 17.2 Å². The summed E-state index contributed by atoms with van der Waals surface area (Å²) in [6, 6.07) is 11.7. The van der Waals surface area contributed by atoms with Crippen molar-refractivity contribution >= 4 is 17.8 Å². The molecule has 47 heavy (non-hydrogen) atoms. The van der Waals surface area contributed by atoms with Gasteiger partial charge in [-0.3, -0.25) is 14.9 Å². The van der Waals surface area contributed by atoms with Gasteiger partial charge in [0.1, 0.15) is 17.5 Å². The number of benzene rings is 2. The van der Waals surface area contributed by atoms with Crippen molar-refractivity contribution in [1.82, 2.24) is 30.5 Å². The summed E-state index contributed by atoms with van der Waals surface area (Å²) >= 11 is 0. The molecule has 3 amide bonds. The van der Waals surface area contributed by atoms with Crippen LogP contribution >= 0.6 is 0 Å². The van der Waals surface area contributed by atoms with Gasteiger partial charge in [-0.25, -0.2) is 23.2 Å². The lowest BCUT2D eigenvalue weighted by molar-refractivity contribution is -0.184. The number of hydrogen-bond donors (Lipinski definition) is 3. The molecule has 3 heterocycles. The predicted molar refractivity (Wildman–Crippen MR) is 160 cm³/mol. The third kappa shape index (κ3) is 7.49. The van der Waals surface area contributed by atoms with E-state index in [4.69, 9.17) is 14.7 Å². The minimum Gasteiger partial charge on any atom is -0.480 e. The van der Waals surface area contributed by atoms with Gasteiger partial charge in [0, 0.05) is 37.5 Å². The number of aromatic nitrogens is 3. The molecular formula is C31H30F5N7O4. The zero-order valence-electron chi connectivity index (χ0n) is 25.4. The van der Waals surface area contributed by atoms with E-state index in [1.165, 1.54) is 31.1 Å². The molecule has 0 bridgehead atoms. The van der Waals surface area contributed by atoms with Gasteiger partial charge in [0.05, 0.1) is 31.0 Å². The molecule has 16 heteroatoms. The number of urea groups is 1. The number of nitrogens with zero attached hydrogens (tertiary/aromatic N) is 4. The first kappa shape index (κ1) is 33.3. The summed E-state index contributed by atoms with van der Waals surface area (Å²) in [7, 11) is 2.85. The van der Waals surface area contributed by atoms with Gasteiger partial charge in [-0.15, -0.1) is 0 Å². The molecule has 3 N–H and O–H groups in total. The Balaban J connectivity index is 1.46. The zero-order valence-corrected chi connectivity index (χ0v) is 25.4. The normalized spacial score (nSPS) is 16.6. The standard InChI is InChI=1S/C31H30F5N7O4/c1-17-25(19-13-21(28(44)37-2)29(46-3)38-15-19)41-43(20-7-5-4-6-8-20)27(17)40-30(45)39-24-16-42(12-11-31(34,35)36)47-26(24)18-9-10-22(32)23(33)14-18/h4-10,13-15,24,26H,11-12,16H2,1-3H3,(H,37,44)(H2,39,40,45)/t24-,26+/m1/s1. The molecule has 0 spiro atoms. The largest absolute Gasteiger partial charge is 0.480 e. The number of rotatable bonds is 9. The summed E-state index contributed by atoms with van der Waals surface area (Å²) in [6.45, 7) is 0.985. The molecular weight excluding hydrogens is 629 g/mol. The average molecular weight is 660 g/mol. The molecule has 2 atom stereocenters. The van der Waals surface area contributed by atoms with Crippen molar-refractivity contribution in [3.05, 3.63) is 89.1 Å². The molecule has 11 nitrogen and oxygen atoms in total. The van der Waals surface area contributed by atoms with E-state index in [1.807, 2.05) is 0 Å². The zero-order chi connectivity index (χ0) is 33.9. The first-order valence-corrected chi connectivity index (χ1v) is 14.3. The second-order valence-electron chi connectivity index (χ2n) is 10.6. The van der Waals surface area contributed by atoms with E-state index < -0.39 is 54.9 Å². The highest BCUT2D eigenvalue weighted by Gasteiger charge is 2.39. The Hall–Kier alpha value is -5.09. The van der Waals surface area contributed by atoms with E-state index in [9.17, 15) is 31.5 Å². The summed E-state index contributed by atoms with van der Waals surface area (Å²) in [5.41, 5.74) is 2.18. The summed E-state index contributed by atoms with van der Waals surface area (Å²) in [5.74, 6) is -2.39. The first-order valence-electron chi connectivity index (χ1n) is 14.3. The second kappa shape index (κ2) is 13.7. The molecule has 1 aliphatic rings. The molecule has 0 radical (unpaired) electrons. The number of hydroxylamine groups is 2. The smallest absolute Gasteiger partial charge is 0.390 e. The van der Waals surface area contributed by atoms with Crippen LogP contribution in [0.25, 0.3) is 16.9 Å². The predicted octanol–water partition coefficient (Wildman–Crippen LogP) is 5.32. The Morgan fingerprint density at radius 1 is 1.09 bits per heavy atom. The summed E-state index contributed by atoms with van der Waals surface area (Å²) < 4.78 is 73.3. The van der Waals surface area contributed by atoms with Crippen LogP contribution in [0, 0.1) is 18.6 Å². The van der Waals surface area contributed by atoms with Gasteiger partial charge in [0.15, 0.2) is 11.6 Å². The fraction of sp³-hybridized carbons (Fsp3) is 0.290. The van der Waals surface area contributed by atoms with Crippen molar-refractivity contribution in [1.29, 1.82) is 0 Å². The van der Waals surface area contributed by atoms with E-state index in [0.29, 0.717) is 22.5 Å². The van der Waals surface area contributed by atoms with Gasteiger partial charge >= 0.3 is 12.2 Å². The number of pyridine rings is 1. The van der Waals surface area contributed by atoms with Crippen LogP contribution in [0.15, 0.2) is 60.8 Å². The molecule has 0 unspecified atom stereocenters. The van der Waals surface area contributed by atoms with Crippen LogP contribution in [-0.4, -0.2) is 71.2 Å². The highest BCUT2D eigenvalue weighted by Crippen LogP contribution is 2.34. The first-order chi connectivity index (χ1) is 22.4. The van der Waals surface area contributed by atoms with Crippen LogP contribution in [-0.2, 0) is 4.84 Å². The van der Waals surface area contributed by atoms with Gasteiger partial charge in [-0.2, -0.15) is 23.3 Å². The molecule has 5 rings (SSSR count). The third-order valence-corrected chi connectivity index (χ3v) is 7.41. The van der Waals surface area contributed by atoms with Crippen LogP contribution in [0.3, 0.4) is 0 Å². The van der Waals surface area contributed by atoms with E-state index in [2.05, 4.69) is 20.9 Å². The SMILES string of the molecule is CNC(=O)c1cc(-c2nn(-c3ccccc3)c(NC(=O)N[C@@H]3CN(CCC(F)(F)F)O[C@H]3c3ccc(F)c(F)c3)c2C)cnc1OC.